The number of hydrogen-bond acceptors (Lipinski definition) is 6. The Morgan fingerprint density at radius 2 is 1.90 bits per heavy atom. The number of carbonyl (C=O) groups excluding carboxylic acids is 1. The molecule has 0 aliphatic rings. The van der Waals surface area contributed by atoms with Gasteiger partial charge in [-0.1, -0.05) is 30.3 Å². The summed E-state index contributed by atoms with van der Waals surface area (Å²) in [5.41, 5.74) is 3.30. The van der Waals surface area contributed by atoms with Crippen LogP contribution in [0.2, 0.25) is 0 Å². The highest BCUT2D eigenvalue weighted by molar-refractivity contribution is 6.03. The minimum Gasteiger partial charge on any atom is -0.497 e. The van der Waals surface area contributed by atoms with E-state index >= 15 is 0 Å². The van der Waals surface area contributed by atoms with Crippen LogP contribution in [0.3, 0.4) is 0 Å². The normalized spacial score (nSPS) is 10.8. The maximum absolute atomic E-state index is 12.2. The minimum absolute atomic E-state index is 0.102. The first-order chi connectivity index (χ1) is 14.0. The van der Waals surface area contributed by atoms with E-state index < -0.39 is 10.8 Å². The Morgan fingerprint density at radius 3 is 2.62 bits per heavy atom. The van der Waals surface area contributed by atoms with Crippen LogP contribution < -0.4 is 14.9 Å². The molecule has 0 spiro atoms. The summed E-state index contributed by atoms with van der Waals surface area (Å²) in [7, 11) is 3.13. The van der Waals surface area contributed by atoms with Crippen molar-refractivity contribution in [2.45, 2.75) is 6.42 Å². The smallest absolute Gasteiger partial charge is 0.273 e. The zero-order valence-corrected chi connectivity index (χ0v) is 15.9. The largest absolute Gasteiger partial charge is 0.497 e. The first kappa shape index (κ1) is 19.8. The Morgan fingerprint density at radius 1 is 1.14 bits per heavy atom. The lowest BCUT2D eigenvalue weighted by Gasteiger charge is -2.10. The van der Waals surface area contributed by atoms with Gasteiger partial charge >= 0.3 is 0 Å². The van der Waals surface area contributed by atoms with E-state index in [2.05, 4.69) is 10.5 Å². The van der Waals surface area contributed by atoms with Crippen LogP contribution in [-0.4, -0.2) is 31.3 Å². The SMILES string of the molecule is COc1ccc2ccc(OC)c(/C=N/NC(=O)Cc3ccccc3[N+](=O)[O-])c2c1. The molecule has 0 fully saturated rings. The van der Waals surface area contributed by atoms with Crippen LogP contribution in [0.15, 0.2) is 59.7 Å². The van der Waals surface area contributed by atoms with Gasteiger partial charge in [-0.25, -0.2) is 5.43 Å². The van der Waals surface area contributed by atoms with Gasteiger partial charge in [0.1, 0.15) is 11.5 Å². The lowest BCUT2D eigenvalue weighted by Crippen LogP contribution is -2.20. The summed E-state index contributed by atoms with van der Waals surface area (Å²) in [6, 6.07) is 15.5. The molecule has 0 radical (unpaired) electrons. The van der Waals surface area contributed by atoms with Crippen molar-refractivity contribution in [3.05, 3.63) is 75.8 Å². The van der Waals surface area contributed by atoms with E-state index in [4.69, 9.17) is 9.47 Å². The molecule has 0 aliphatic heterocycles. The molecule has 0 saturated carbocycles. The number of nitro groups is 1. The first-order valence-corrected chi connectivity index (χ1v) is 8.72. The summed E-state index contributed by atoms with van der Waals surface area (Å²) in [5.74, 6) is 0.801. The summed E-state index contributed by atoms with van der Waals surface area (Å²) >= 11 is 0. The van der Waals surface area contributed by atoms with Gasteiger partial charge in [-0.05, 0) is 29.0 Å². The monoisotopic (exact) mass is 393 g/mol. The fourth-order valence-corrected chi connectivity index (χ4v) is 2.96. The van der Waals surface area contributed by atoms with Crippen LogP contribution in [0.25, 0.3) is 10.8 Å². The number of amides is 1. The molecule has 0 saturated heterocycles. The third-order valence-corrected chi connectivity index (χ3v) is 4.37. The van der Waals surface area contributed by atoms with Gasteiger partial charge in [0.15, 0.2) is 0 Å². The van der Waals surface area contributed by atoms with Crippen molar-refractivity contribution in [1.29, 1.82) is 0 Å². The number of nitrogens with zero attached hydrogens (tertiary/aromatic N) is 2. The van der Waals surface area contributed by atoms with Gasteiger partial charge in [0.25, 0.3) is 5.69 Å². The summed E-state index contributed by atoms with van der Waals surface area (Å²) in [5, 5.41) is 16.9. The van der Waals surface area contributed by atoms with Crippen LogP contribution >= 0.6 is 0 Å². The van der Waals surface area contributed by atoms with Gasteiger partial charge < -0.3 is 9.47 Å². The second kappa shape index (κ2) is 8.83. The number of para-hydroxylation sites is 1. The van der Waals surface area contributed by atoms with Gasteiger partial charge in [-0.15, -0.1) is 0 Å². The number of hydrazone groups is 1. The molecule has 0 aliphatic carbocycles. The van der Waals surface area contributed by atoms with E-state index in [-0.39, 0.29) is 12.1 Å². The number of fused-ring (bicyclic) bond motifs is 1. The van der Waals surface area contributed by atoms with Gasteiger partial charge in [0.2, 0.25) is 5.91 Å². The zero-order valence-electron chi connectivity index (χ0n) is 15.9. The second-order valence-corrected chi connectivity index (χ2v) is 6.12. The molecule has 0 heterocycles. The van der Waals surface area contributed by atoms with Crippen molar-refractivity contribution in [3.8, 4) is 11.5 Å². The molecule has 1 N–H and O–H groups in total. The maximum atomic E-state index is 12.2. The maximum Gasteiger partial charge on any atom is 0.273 e. The molecule has 29 heavy (non-hydrogen) atoms. The molecule has 0 atom stereocenters. The summed E-state index contributed by atoms with van der Waals surface area (Å²) < 4.78 is 10.7. The average molecular weight is 393 g/mol. The molecular weight excluding hydrogens is 374 g/mol. The molecule has 3 aromatic carbocycles. The minimum atomic E-state index is -0.514. The van der Waals surface area contributed by atoms with E-state index in [9.17, 15) is 14.9 Å². The highest BCUT2D eigenvalue weighted by atomic mass is 16.6. The number of methoxy groups -OCH3 is 2. The van der Waals surface area contributed by atoms with Crippen LogP contribution in [0.4, 0.5) is 5.69 Å². The quantitative estimate of drug-likeness (QED) is 0.376. The number of rotatable bonds is 7. The predicted octanol–water partition coefficient (Wildman–Crippen LogP) is 3.46. The molecule has 3 aromatic rings. The summed E-state index contributed by atoms with van der Waals surface area (Å²) in [6.45, 7) is 0. The molecule has 1 amide bonds. The Kier molecular flexibility index (Phi) is 6.03. The predicted molar refractivity (Wildman–Crippen MR) is 110 cm³/mol. The number of carbonyl (C=O) groups is 1. The molecule has 0 unspecified atom stereocenters. The van der Waals surface area contributed by atoms with E-state index in [1.807, 2.05) is 30.3 Å². The molecule has 8 nitrogen and oxygen atoms in total. The Balaban J connectivity index is 1.82. The topological polar surface area (TPSA) is 103 Å². The van der Waals surface area contributed by atoms with Crippen molar-refractivity contribution in [3.63, 3.8) is 0 Å². The third-order valence-electron chi connectivity index (χ3n) is 4.37. The summed E-state index contributed by atoms with van der Waals surface area (Å²) in [6.07, 6.45) is 1.33. The molecule has 0 aromatic heterocycles. The zero-order chi connectivity index (χ0) is 20.8. The van der Waals surface area contributed by atoms with E-state index in [1.54, 1.807) is 32.4 Å². The van der Waals surface area contributed by atoms with Crippen LogP contribution in [0, 0.1) is 10.1 Å². The molecular formula is C21H19N3O5. The van der Waals surface area contributed by atoms with Crippen molar-refractivity contribution in [2.24, 2.45) is 5.10 Å². The Labute approximate surface area is 166 Å². The van der Waals surface area contributed by atoms with E-state index in [1.165, 1.54) is 12.3 Å². The summed E-state index contributed by atoms with van der Waals surface area (Å²) in [4.78, 5) is 22.8. The standard InChI is InChI=1S/C21H19N3O5/c1-28-16-9-7-14-8-10-20(29-2)18(17(14)12-16)13-22-23-21(25)11-15-5-3-4-6-19(15)24(26)27/h3-10,12-13H,11H2,1-2H3,(H,23,25)/b22-13+. The second-order valence-electron chi connectivity index (χ2n) is 6.12. The van der Waals surface area contributed by atoms with Crippen LogP contribution in [0.5, 0.6) is 11.5 Å². The number of hydrogen-bond donors (Lipinski definition) is 1. The first-order valence-electron chi connectivity index (χ1n) is 8.72. The molecule has 0 bridgehead atoms. The number of nitro benzene ring substituents is 1. The van der Waals surface area contributed by atoms with Crippen molar-refractivity contribution in [1.82, 2.24) is 5.43 Å². The van der Waals surface area contributed by atoms with Gasteiger partial charge in [0.05, 0.1) is 31.8 Å². The van der Waals surface area contributed by atoms with Crippen molar-refractivity contribution >= 4 is 28.6 Å². The molecule has 8 heteroatoms. The number of benzene rings is 3. The highest BCUT2D eigenvalue weighted by Gasteiger charge is 2.15. The van der Waals surface area contributed by atoms with Gasteiger partial charge in [-0.3, -0.25) is 14.9 Å². The lowest BCUT2D eigenvalue weighted by molar-refractivity contribution is -0.385. The van der Waals surface area contributed by atoms with Crippen molar-refractivity contribution in [2.75, 3.05) is 14.2 Å². The van der Waals surface area contributed by atoms with Crippen LogP contribution in [0.1, 0.15) is 11.1 Å². The van der Waals surface area contributed by atoms with Gasteiger partial charge in [0, 0.05) is 17.2 Å². The fourth-order valence-electron chi connectivity index (χ4n) is 2.96. The van der Waals surface area contributed by atoms with Crippen molar-refractivity contribution < 1.29 is 19.2 Å². The Hall–Kier alpha value is -3.94. The average Bonchev–Trinajstić information content (AvgIpc) is 2.73. The molecule has 148 valence electrons. The highest BCUT2D eigenvalue weighted by Crippen LogP contribution is 2.29. The Bertz CT molecular complexity index is 1090. The third kappa shape index (κ3) is 4.49. The molecule has 3 rings (SSSR count). The van der Waals surface area contributed by atoms with Gasteiger partial charge in [-0.2, -0.15) is 5.10 Å². The fraction of sp³-hybridized carbons (Fsp3) is 0.143. The number of ether oxygens (including phenoxy) is 2. The van der Waals surface area contributed by atoms with Crippen LogP contribution in [-0.2, 0) is 11.2 Å². The van der Waals surface area contributed by atoms with E-state index in [0.717, 1.165) is 10.8 Å². The lowest BCUT2D eigenvalue weighted by atomic mass is 10.0. The number of nitrogens with one attached hydrogen (secondary N) is 1. The van der Waals surface area contributed by atoms with E-state index in [0.29, 0.717) is 22.6 Å².